The van der Waals surface area contributed by atoms with Crippen LogP contribution >= 0.6 is 46.4 Å². The number of halogens is 4. The van der Waals surface area contributed by atoms with E-state index in [4.69, 9.17) is 74.9 Å². The monoisotopic (exact) mass is 982 g/mol. The molecular formula is C40H42Cl4N8O11S. The maximum atomic E-state index is 12.4. The highest BCUT2D eigenvalue weighted by Crippen LogP contribution is 2.34. The highest BCUT2D eigenvalue weighted by molar-refractivity contribution is 7.90. The van der Waals surface area contributed by atoms with Gasteiger partial charge in [-0.3, -0.25) is 10.3 Å². The minimum atomic E-state index is -4.20. The molecule has 3 heterocycles. The molecule has 24 heteroatoms. The van der Waals surface area contributed by atoms with Gasteiger partial charge in [-0.15, -0.1) is 16.7 Å². The van der Waals surface area contributed by atoms with Crippen LogP contribution in [0.5, 0.6) is 23.3 Å². The Bertz CT molecular complexity index is 2770. The lowest BCUT2D eigenvalue weighted by molar-refractivity contribution is -0.139. The van der Waals surface area contributed by atoms with E-state index in [0.29, 0.717) is 38.6 Å². The molecule has 3 aromatic heterocycles. The number of nitrogens with zero attached hydrogens (tertiary/aromatic N) is 6. The van der Waals surface area contributed by atoms with E-state index < -0.39 is 34.4 Å². The fourth-order valence-corrected chi connectivity index (χ4v) is 6.83. The Hall–Kier alpha value is -5.93. The second-order valence-electron chi connectivity index (χ2n) is 14.1. The number of ether oxygens (including phenoxy) is 4. The standard InChI is InChI=1S/C15H18Cl2N2O3.C14H16ClN5O5S.C11H8ClNO3/c1-8(2)21-12-7-11(9(16)6-10(12)17)19-14(20)22-13(18-19)15(3,4)5;1-9-16-12(19-14(17-9)24-2)18-13(21)20-26(22,23)11-6-4-3-5-10(11)25-8-7-15;12-8-3-4-9(16-6-10(14)15)11-7(8)2-1-5-13-11/h6-8H,1-5H3;3-6H,7-8H2,1-2H3,(H2,16,17,18,19,20,21);1-5H,6H2,(H,14,15). The number of carboxylic acid groups (broad SMARTS) is 1. The van der Waals surface area contributed by atoms with Crippen LogP contribution < -0.4 is 34.7 Å². The molecule has 3 N–H and O–H groups in total. The van der Waals surface area contributed by atoms with E-state index >= 15 is 0 Å². The maximum absolute atomic E-state index is 12.4. The number of carboxylic acids is 1. The number of nitrogens with one attached hydrogen (secondary N) is 2. The largest absolute Gasteiger partial charge is 0.491 e. The number of carbonyl (C=O) groups excluding carboxylic acids is 1. The summed E-state index contributed by atoms with van der Waals surface area (Å²) < 4.78 is 53.9. The molecule has 2 amide bonds. The van der Waals surface area contributed by atoms with Crippen molar-refractivity contribution in [1.82, 2.24) is 34.4 Å². The summed E-state index contributed by atoms with van der Waals surface area (Å²) in [7, 11) is -2.85. The molecule has 0 saturated carbocycles. The number of aryl methyl sites for hydroxylation is 1. The van der Waals surface area contributed by atoms with E-state index in [2.05, 4.69) is 30.4 Å². The minimum absolute atomic E-state index is 0.0181. The Morgan fingerprint density at radius 1 is 0.922 bits per heavy atom. The smallest absolute Gasteiger partial charge is 0.442 e. The van der Waals surface area contributed by atoms with Gasteiger partial charge in [-0.25, -0.2) is 27.5 Å². The number of carbonyl (C=O) groups is 2. The summed E-state index contributed by atoms with van der Waals surface area (Å²) in [5.74, 6) is -0.0676. The van der Waals surface area contributed by atoms with Gasteiger partial charge in [0.1, 0.15) is 40.1 Å². The van der Waals surface area contributed by atoms with E-state index in [1.807, 2.05) is 39.3 Å². The molecule has 3 aromatic carbocycles. The third kappa shape index (κ3) is 14.3. The predicted molar refractivity (Wildman–Crippen MR) is 240 cm³/mol. The number of fused-ring (bicyclic) bond motifs is 1. The summed E-state index contributed by atoms with van der Waals surface area (Å²) in [6, 6.07) is 14.7. The lowest BCUT2D eigenvalue weighted by Crippen LogP contribution is -2.35. The molecule has 342 valence electrons. The van der Waals surface area contributed by atoms with Crippen LogP contribution in [-0.2, 0) is 20.2 Å². The summed E-state index contributed by atoms with van der Waals surface area (Å²) in [4.78, 5) is 49.9. The van der Waals surface area contributed by atoms with Crippen LogP contribution in [-0.4, -0.2) is 87.5 Å². The number of hydrogen-bond acceptors (Lipinski definition) is 15. The molecule has 64 heavy (non-hydrogen) atoms. The fraction of sp³-hybridized carbons (Fsp3) is 0.300. The van der Waals surface area contributed by atoms with Crippen molar-refractivity contribution in [2.24, 2.45) is 0 Å². The van der Waals surface area contributed by atoms with Crippen LogP contribution in [0.15, 0.2) is 81.0 Å². The Kier molecular flexibility index (Phi) is 17.9. The van der Waals surface area contributed by atoms with Gasteiger partial charge in [-0.05, 0) is 63.2 Å². The number of hydrogen-bond donors (Lipinski definition) is 3. The van der Waals surface area contributed by atoms with Crippen molar-refractivity contribution in [3.8, 4) is 28.9 Å². The number of sulfonamides is 1. The zero-order valence-electron chi connectivity index (χ0n) is 35.2. The third-order valence-corrected chi connectivity index (χ3v) is 10.1. The first kappa shape index (κ1) is 50.7. The maximum Gasteiger partial charge on any atom is 0.442 e. The lowest BCUT2D eigenvalue weighted by Gasteiger charge is -2.13. The van der Waals surface area contributed by atoms with Crippen LogP contribution in [0, 0.1) is 6.92 Å². The Labute approximate surface area is 387 Å². The number of benzene rings is 3. The lowest BCUT2D eigenvalue weighted by atomic mass is 9.97. The highest BCUT2D eigenvalue weighted by Gasteiger charge is 2.25. The van der Waals surface area contributed by atoms with E-state index in [-0.39, 0.29) is 57.5 Å². The summed E-state index contributed by atoms with van der Waals surface area (Å²) in [5.41, 5.74) is 0.544. The average molecular weight is 985 g/mol. The molecule has 0 aliphatic carbocycles. The number of alkyl halides is 1. The van der Waals surface area contributed by atoms with Crippen molar-refractivity contribution in [2.45, 2.75) is 58.0 Å². The van der Waals surface area contributed by atoms with Gasteiger partial charge in [0.2, 0.25) is 11.8 Å². The third-order valence-electron chi connectivity index (χ3n) is 7.65. The molecular weight excluding hydrogens is 942 g/mol. The Morgan fingerprint density at radius 2 is 1.64 bits per heavy atom. The first-order valence-corrected chi connectivity index (χ1v) is 21.8. The highest BCUT2D eigenvalue weighted by atomic mass is 35.5. The van der Waals surface area contributed by atoms with Crippen molar-refractivity contribution in [3.63, 3.8) is 0 Å². The predicted octanol–water partition coefficient (Wildman–Crippen LogP) is 7.89. The number of aliphatic carboxylic acids is 1. The molecule has 0 saturated heterocycles. The molecule has 0 atom stereocenters. The Morgan fingerprint density at radius 3 is 2.28 bits per heavy atom. The summed E-state index contributed by atoms with van der Waals surface area (Å²) in [5, 5.41) is 16.9. The van der Waals surface area contributed by atoms with E-state index in [1.54, 1.807) is 49.5 Å². The van der Waals surface area contributed by atoms with Gasteiger partial charge in [0.25, 0.3) is 10.0 Å². The number of aromatic nitrogens is 6. The van der Waals surface area contributed by atoms with Crippen LogP contribution in [0.3, 0.4) is 0 Å². The van der Waals surface area contributed by atoms with Crippen LogP contribution in [0.25, 0.3) is 16.6 Å². The van der Waals surface area contributed by atoms with Crippen molar-refractivity contribution >= 4 is 85.3 Å². The topological polar surface area (TPSA) is 249 Å². The van der Waals surface area contributed by atoms with Gasteiger partial charge in [-0.2, -0.15) is 19.6 Å². The van der Waals surface area contributed by atoms with Gasteiger partial charge in [0, 0.05) is 23.1 Å². The molecule has 0 bridgehead atoms. The molecule has 0 radical (unpaired) electrons. The van der Waals surface area contributed by atoms with Crippen molar-refractivity contribution in [3.05, 3.63) is 104 Å². The van der Waals surface area contributed by atoms with Gasteiger partial charge in [-0.1, -0.05) is 67.7 Å². The van der Waals surface area contributed by atoms with E-state index in [1.165, 1.54) is 31.4 Å². The number of anilines is 1. The summed E-state index contributed by atoms with van der Waals surface area (Å²) in [6.07, 6.45) is 1.54. The van der Waals surface area contributed by atoms with E-state index in [9.17, 15) is 22.8 Å². The second-order valence-corrected chi connectivity index (χ2v) is 17.4. The van der Waals surface area contributed by atoms with Crippen molar-refractivity contribution < 1.29 is 46.5 Å². The molecule has 0 aliphatic rings. The number of methoxy groups -OCH3 is 1. The Balaban J connectivity index is 0.000000216. The molecule has 19 nitrogen and oxygen atoms in total. The first-order valence-electron chi connectivity index (χ1n) is 18.7. The van der Waals surface area contributed by atoms with Crippen LogP contribution in [0.1, 0.15) is 46.3 Å². The summed E-state index contributed by atoms with van der Waals surface area (Å²) in [6.45, 7) is 10.7. The molecule has 0 aliphatic heterocycles. The number of pyridine rings is 1. The zero-order valence-corrected chi connectivity index (χ0v) is 39.0. The van der Waals surface area contributed by atoms with E-state index in [0.717, 1.165) is 10.1 Å². The molecule has 0 spiro atoms. The quantitative estimate of drug-likeness (QED) is 0.0931. The van der Waals surface area contributed by atoms with Crippen molar-refractivity contribution in [2.75, 3.05) is 31.5 Å². The average Bonchev–Trinajstić information content (AvgIpc) is 3.62. The number of para-hydroxylation sites is 1. The van der Waals surface area contributed by atoms with Crippen molar-refractivity contribution in [1.29, 1.82) is 0 Å². The number of amides is 2. The molecule has 6 rings (SSSR count). The fourth-order valence-electron chi connectivity index (χ4n) is 4.97. The minimum Gasteiger partial charge on any atom is -0.491 e. The van der Waals surface area contributed by atoms with Crippen LogP contribution in [0.4, 0.5) is 10.7 Å². The normalized spacial score (nSPS) is 11.1. The number of rotatable bonds is 13. The zero-order chi connectivity index (χ0) is 47.4. The van der Waals surface area contributed by atoms with Gasteiger partial charge in [0.15, 0.2) is 6.61 Å². The summed E-state index contributed by atoms with van der Waals surface area (Å²) >= 11 is 23.8. The molecule has 0 unspecified atom stereocenters. The SMILES string of the molecule is CC(C)Oc1cc(-n2nc(C(C)(C)C)oc2=O)c(Cl)cc1Cl.COc1nc(C)nc(NC(=O)NS(=O)(=O)c2ccccc2OCCCl)n1.O=C(O)COc1ccc(Cl)c2cccnc12. The second kappa shape index (κ2) is 22.6. The molecule has 6 aromatic rings. The van der Waals surface area contributed by atoms with Gasteiger partial charge in [0.05, 0.1) is 39.8 Å². The number of urea groups is 1. The van der Waals surface area contributed by atoms with Crippen LogP contribution in [0.2, 0.25) is 15.1 Å². The first-order chi connectivity index (χ1) is 30.1. The van der Waals surface area contributed by atoms with Gasteiger partial charge >= 0.3 is 23.8 Å². The van der Waals surface area contributed by atoms with Gasteiger partial charge < -0.3 is 28.5 Å². The molecule has 0 fully saturated rings.